The van der Waals surface area contributed by atoms with Crippen LogP contribution in [0.1, 0.15) is 11.7 Å². The molecule has 0 radical (unpaired) electrons. The summed E-state index contributed by atoms with van der Waals surface area (Å²) < 4.78 is 44.0. The minimum atomic E-state index is -3.63. The molecule has 7 heteroatoms. The van der Waals surface area contributed by atoms with E-state index >= 15 is 0 Å². The van der Waals surface area contributed by atoms with Crippen LogP contribution in [0.5, 0.6) is 0 Å². The number of benzene rings is 1. The average molecular weight is 284 g/mol. The molecule has 0 atom stereocenters. The van der Waals surface area contributed by atoms with Gasteiger partial charge in [0.05, 0.1) is 11.1 Å². The Morgan fingerprint density at radius 2 is 2.00 bits per heavy atom. The highest BCUT2D eigenvalue weighted by molar-refractivity contribution is 7.89. The van der Waals surface area contributed by atoms with Crippen LogP contribution in [0, 0.1) is 12.7 Å². The van der Waals surface area contributed by atoms with Crippen LogP contribution in [-0.4, -0.2) is 19.9 Å². The molecule has 0 unspecified atom stereocenters. The van der Waals surface area contributed by atoms with Crippen molar-refractivity contribution in [2.45, 2.75) is 18.2 Å². The molecule has 0 bridgehead atoms. The lowest BCUT2D eigenvalue weighted by Crippen LogP contribution is -2.26. The molecule has 1 N–H and O–H groups in total. The smallest absolute Gasteiger partial charge is 0.240 e. The van der Waals surface area contributed by atoms with Crippen molar-refractivity contribution in [3.63, 3.8) is 0 Å². The number of hydrogen-bond donors (Lipinski definition) is 1. The van der Waals surface area contributed by atoms with E-state index in [-0.39, 0.29) is 11.4 Å². The van der Waals surface area contributed by atoms with Crippen LogP contribution >= 0.6 is 0 Å². The van der Waals surface area contributed by atoms with Gasteiger partial charge >= 0.3 is 0 Å². The summed E-state index contributed by atoms with van der Waals surface area (Å²) in [6, 6.07) is 4.64. The molecule has 0 saturated heterocycles. The molecule has 0 aliphatic heterocycles. The first-order chi connectivity index (χ1) is 8.97. The van der Waals surface area contributed by atoms with E-state index in [4.69, 9.17) is 4.42 Å². The SMILES string of the molecule is Cc1cnc(CCNS(=O)(=O)c2ccc(F)cc2)o1. The lowest BCUT2D eigenvalue weighted by atomic mass is 10.4. The predicted molar refractivity (Wildman–Crippen MR) is 66.5 cm³/mol. The van der Waals surface area contributed by atoms with Crippen LogP contribution in [0.3, 0.4) is 0 Å². The molecule has 1 aromatic carbocycles. The van der Waals surface area contributed by atoms with Gasteiger partial charge in [0.1, 0.15) is 11.6 Å². The van der Waals surface area contributed by atoms with Gasteiger partial charge in [-0.25, -0.2) is 22.5 Å². The van der Waals surface area contributed by atoms with Crippen molar-refractivity contribution in [3.8, 4) is 0 Å². The highest BCUT2D eigenvalue weighted by Crippen LogP contribution is 2.09. The maximum Gasteiger partial charge on any atom is 0.240 e. The van der Waals surface area contributed by atoms with Gasteiger partial charge in [-0.1, -0.05) is 0 Å². The fourth-order valence-corrected chi connectivity index (χ4v) is 2.54. The van der Waals surface area contributed by atoms with Crippen LogP contribution in [0.4, 0.5) is 4.39 Å². The lowest BCUT2D eigenvalue weighted by Gasteiger charge is -2.05. The normalized spacial score (nSPS) is 11.7. The number of sulfonamides is 1. The molecule has 0 fully saturated rings. The highest BCUT2D eigenvalue weighted by atomic mass is 32.2. The second-order valence-electron chi connectivity index (χ2n) is 3.97. The Balaban J connectivity index is 1.96. The fourth-order valence-electron chi connectivity index (χ4n) is 1.51. The quantitative estimate of drug-likeness (QED) is 0.906. The number of oxazole rings is 1. The molecule has 0 aliphatic rings. The molecule has 0 saturated carbocycles. The standard InChI is InChI=1S/C12H13FN2O3S/c1-9-8-14-12(18-9)6-7-15-19(16,17)11-4-2-10(13)3-5-11/h2-5,8,15H,6-7H2,1H3. The number of halogens is 1. The van der Waals surface area contributed by atoms with E-state index in [1.807, 2.05) is 0 Å². The van der Waals surface area contributed by atoms with Crippen molar-refractivity contribution in [1.29, 1.82) is 0 Å². The maximum absolute atomic E-state index is 12.7. The third-order valence-electron chi connectivity index (χ3n) is 2.42. The minimum Gasteiger partial charge on any atom is -0.446 e. The number of nitrogens with one attached hydrogen (secondary N) is 1. The van der Waals surface area contributed by atoms with Crippen LogP contribution in [0.2, 0.25) is 0 Å². The summed E-state index contributed by atoms with van der Waals surface area (Å²) in [7, 11) is -3.63. The zero-order valence-corrected chi connectivity index (χ0v) is 11.1. The molecule has 1 heterocycles. The zero-order valence-electron chi connectivity index (χ0n) is 10.3. The average Bonchev–Trinajstić information content (AvgIpc) is 2.75. The van der Waals surface area contributed by atoms with Gasteiger partial charge in [-0.3, -0.25) is 0 Å². The zero-order chi connectivity index (χ0) is 13.9. The Bertz CT molecular complexity index is 650. The van der Waals surface area contributed by atoms with E-state index in [1.54, 1.807) is 13.1 Å². The van der Waals surface area contributed by atoms with Crippen molar-refractivity contribution in [2.75, 3.05) is 6.54 Å². The molecule has 0 amide bonds. The number of aromatic nitrogens is 1. The van der Waals surface area contributed by atoms with Gasteiger partial charge in [-0.2, -0.15) is 0 Å². The first-order valence-electron chi connectivity index (χ1n) is 5.64. The molecule has 5 nitrogen and oxygen atoms in total. The van der Waals surface area contributed by atoms with Crippen LogP contribution in [-0.2, 0) is 16.4 Å². The first-order valence-corrected chi connectivity index (χ1v) is 7.12. The minimum absolute atomic E-state index is 0.0254. The number of hydrogen-bond acceptors (Lipinski definition) is 4. The Hall–Kier alpha value is -1.73. The fraction of sp³-hybridized carbons (Fsp3) is 0.250. The van der Waals surface area contributed by atoms with E-state index < -0.39 is 15.8 Å². The molecular weight excluding hydrogens is 271 g/mol. The molecule has 19 heavy (non-hydrogen) atoms. The lowest BCUT2D eigenvalue weighted by molar-refractivity contribution is 0.469. The van der Waals surface area contributed by atoms with Crippen LogP contribution < -0.4 is 4.72 Å². The molecule has 2 aromatic rings. The van der Waals surface area contributed by atoms with E-state index in [0.717, 1.165) is 12.1 Å². The summed E-state index contributed by atoms with van der Waals surface area (Å²) in [6.45, 7) is 1.93. The van der Waals surface area contributed by atoms with Crippen molar-refractivity contribution < 1.29 is 17.2 Å². The number of nitrogens with zero attached hydrogens (tertiary/aromatic N) is 1. The molecule has 102 valence electrons. The number of aryl methyl sites for hydroxylation is 1. The maximum atomic E-state index is 12.7. The van der Waals surface area contributed by atoms with Crippen LogP contribution in [0.25, 0.3) is 0 Å². The van der Waals surface area contributed by atoms with E-state index in [1.165, 1.54) is 12.1 Å². The summed E-state index contributed by atoms with van der Waals surface area (Å²) in [5, 5.41) is 0. The predicted octanol–water partition coefficient (Wildman–Crippen LogP) is 1.64. The second kappa shape index (κ2) is 5.50. The second-order valence-corrected chi connectivity index (χ2v) is 5.73. The molecule has 1 aromatic heterocycles. The Kier molecular flexibility index (Phi) is 3.96. The molecule has 0 aliphatic carbocycles. The van der Waals surface area contributed by atoms with Crippen LogP contribution in [0.15, 0.2) is 39.8 Å². The third kappa shape index (κ3) is 3.62. The van der Waals surface area contributed by atoms with E-state index in [9.17, 15) is 12.8 Å². The largest absolute Gasteiger partial charge is 0.446 e. The van der Waals surface area contributed by atoms with Crippen molar-refractivity contribution in [3.05, 3.63) is 47.9 Å². The molecular formula is C12H13FN2O3S. The van der Waals surface area contributed by atoms with Gasteiger partial charge in [-0.15, -0.1) is 0 Å². The van der Waals surface area contributed by atoms with Gasteiger partial charge in [0.25, 0.3) is 0 Å². The topological polar surface area (TPSA) is 72.2 Å². The van der Waals surface area contributed by atoms with Crippen molar-refractivity contribution in [1.82, 2.24) is 9.71 Å². The number of rotatable bonds is 5. The highest BCUT2D eigenvalue weighted by Gasteiger charge is 2.13. The first kappa shape index (κ1) is 13.7. The van der Waals surface area contributed by atoms with Gasteiger partial charge in [-0.05, 0) is 31.2 Å². The summed E-state index contributed by atoms with van der Waals surface area (Å²) in [6.07, 6.45) is 1.93. The van der Waals surface area contributed by atoms with E-state index in [0.29, 0.717) is 18.1 Å². The summed E-state index contributed by atoms with van der Waals surface area (Å²) in [5.41, 5.74) is 0. The Morgan fingerprint density at radius 3 is 2.58 bits per heavy atom. The summed E-state index contributed by atoms with van der Waals surface area (Å²) in [5.74, 6) is 0.671. The third-order valence-corrected chi connectivity index (χ3v) is 3.90. The van der Waals surface area contributed by atoms with Gasteiger partial charge in [0.15, 0.2) is 5.89 Å². The Labute approximate surface area is 110 Å². The van der Waals surface area contributed by atoms with Gasteiger partial charge in [0, 0.05) is 13.0 Å². The van der Waals surface area contributed by atoms with Crippen molar-refractivity contribution in [2.24, 2.45) is 0 Å². The summed E-state index contributed by atoms with van der Waals surface area (Å²) >= 11 is 0. The Morgan fingerprint density at radius 1 is 1.32 bits per heavy atom. The molecule has 0 spiro atoms. The van der Waals surface area contributed by atoms with Crippen molar-refractivity contribution >= 4 is 10.0 Å². The van der Waals surface area contributed by atoms with Gasteiger partial charge < -0.3 is 4.42 Å². The van der Waals surface area contributed by atoms with Gasteiger partial charge in [0.2, 0.25) is 10.0 Å². The van der Waals surface area contributed by atoms with E-state index in [2.05, 4.69) is 9.71 Å². The monoisotopic (exact) mass is 284 g/mol. The summed E-state index contributed by atoms with van der Waals surface area (Å²) in [4.78, 5) is 3.99. The molecule has 2 rings (SSSR count).